The molecular formula is C20H22FN3O. The molecule has 1 heterocycles. The summed E-state index contributed by atoms with van der Waals surface area (Å²) >= 11 is 0. The molecule has 0 saturated carbocycles. The van der Waals surface area contributed by atoms with Gasteiger partial charge in [-0.05, 0) is 48.2 Å². The lowest BCUT2D eigenvalue weighted by atomic mass is 10.1. The number of imidazole rings is 1. The van der Waals surface area contributed by atoms with Gasteiger partial charge in [0, 0.05) is 19.4 Å². The van der Waals surface area contributed by atoms with E-state index in [9.17, 15) is 9.18 Å². The van der Waals surface area contributed by atoms with Gasteiger partial charge in [0.25, 0.3) is 0 Å². The number of hydrogen-bond donors (Lipinski definition) is 2. The van der Waals surface area contributed by atoms with Gasteiger partial charge in [0.05, 0.1) is 11.0 Å². The predicted molar refractivity (Wildman–Crippen MR) is 96.7 cm³/mol. The maximum Gasteiger partial charge on any atom is 0.220 e. The van der Waals surface area contributed by atoms with E-state index in [4.69, 9.17) is 0 Å². The van der Waals surface area contributed by atoms with Crippen molar-refractivity contribution in [1.82, 2.24) is 15.3 Å². The van der Waals surface area contributed by atoms with Crippen LogP contribution in [0.5, 0.6) is 0 Å². The number of nitrogens with one attached hydrogen (secondary N) is 2. The first kappa shape index (κ1) is 17.1. The summed E-state index contributed by atoms with van der Waals surface area (Å²) in [5.74, 6) is 0.721. The van der Waals surface area contributed by atoms with Crippen molar-refractivity contribution in [3.8, 4) is 0 Å². The summed E-state index contributed by atoms with van der Waals surface area (Å²) in [4.78, 5) is 19.9. The molecule has 2 aromatic carbocycles. The molecule has 5 heteroatoms. The Labute approximate surface area is 146 Å². The van der Waals surface area contributed by atoms with Crippen molar-refractivity contribution in [3.05, 3.63) is 65.2 Å². The molecular weight excluding hydrogens is 317 g/mol. The first-order chi connectivity index (χ1) is 12.1. The van der Waals surface area contributed by atoms with Gasteiger partial charge in [0.1, 0.15) is 11.6 Å². The van der Waals surface area contributed by atoms with Crippen molar-refractivity contribution in [3.63, 3.8) is 0 Å². The summed E-state index contributed by atoms with van der Waals surface area (Å²) in [6.45, 7) is 2.54. The zero-order chi connectivity index (χ0) is 17.6. The van der Waals surface area contributed by atoms with E-state index in [0.29, 0.717) is 19.4 Å². The Balaban J connectivity index is 1.52. The molecule has 0 aliphatic carbocycles. The number of nitrogens with zero attached hydrogens (tertiary/aromatic N) is 1. The summed E-state index contributed by atoms with van der Waals surface area (Å²) in [6, 6.07) is 12.2. The van der Waals surface area contributed by atoms with Crippen LogP contribution in [0.25, 0.3) is 11.0 Å². The average Bonchev–Trinajstić information content (AvgIpc) is 3.01. The third kappa shape index (κ3) is 4.66. The van der Waals surface area contributed by atoms with Crippen molar-refractivity contribution >= 4 is 16.9 Å². The smallest absolute Gasteiger partial charge is 0.220 e. The van der Waals surface area contributed by atoms with Crippen LogP contribution in [0.3, 0.4) is 0 Å². The lowest BCUT2D eigenvalue weighted by Gasteiger charge is -2.06. The molecule has 130 valence electrons. The lowest BCUT2D eigenvalue weighted by molar-refractivity contribution is -0.121. The van der Waals surface area contributed by atoms with E-state index in [1.165, 1.54) is 12.1 Å². The molecule has 1 amide bonds. The van der Waals surface area contributed by atoms with E-state index < -0.39 is 0 Å². The number of carbonyl (C=O) groups is 1. The quantitative estimate of drug-likeness (QED) is 0.686. The molecule has 0 spiro atoms. The second-order valence-corrected chi connectivity index (χ2v) is 6.19. The number of carbonyl (C=O) groups excluding carboxylic acids is 1. The van der Waals surface area contributed by atoms with Crippen LogP contribution in [0, 0.1) is 5.82 Å². The minimum Gasteiger partial charge on any atom is -0.352 e. The summed E-state index contributed by atoms with van der Waals surface area (Å²) in [5, 5.41) is 2.87. The monoisotopic (exact) mass is 339 g/mol. The number of amides is 1. The fourth-order valence-electron chi connectivity index (χ4n) is 2.77. The van der Waals surface area contributed by atoms with Crippen LogP contribution >= 0.6 is 0 Å². The Bertz CT molecular complexity index is 855. The molecule has 0 saturated heterocycles. The molecule has 0 aliphatic rings. The number of halogens is 1. The molecule has 25 heavy (non-hydrogen) atoms. The summed E-state index contributed by atoms with van der Waals surface area (Å²) in [6.07, 6.45) is 3.09. The normalized spacial score (nSPS) is 11.0. The zero-order valence-corrected chi connectivity index (χ0v) is 14.3. The number of aromatic nitrogens is 2. The molecule has 0 bridgehead atoms. The Hall–Kier alpha value is -2.69. The lowest BCUT2D eigenvalue weighted by Crippen LogP contribution is -2.22. The van der Waals surface area contributed by atoms with Gasteiger partial charge < -0.3 is 10.3 Å². The molecule has 0 unspecified atom stereocenters. The van der Waals surface area contributed by atoms with Crippen molar-refractivity contribution in [1.29, 1.82) is 0 Å². The van der Waals surface area contributed by atoms with Crippen LogP contribution in [-0.2, 0) is 24.2 Å². The topological polar surface area (TPSA) is 57.8 Å². The van der Waals surface area contributed by atoms with E-state index in [-0.39, 0.29) is 11.7 Å². The summed E-state index contributed by atoms with van der Waals surface area (Å²) < 4.78 is 12.9. The Kier molecular flexibility index (Phi) is 5.43. The minimum atomic E-state index is -0.272. The average molecular weight is 339 g/mol. The van der Waals surface area contributed by atoms with Gasteiger partial charge in [-0.3, -0.25) is 4.79 Å². The number of rotatable bonds is 7. The molecule has 1 aromatic heterocycles. The van der Waals surface area contributed by atoms with Crippen LogP contribution in [-0.4, -0.2) is 15.9 Å². The van der Waals surface area contributed by atoms with Crippen molar-refractivity contribution < 1.29 is 9.18 Å². The molecule has 0 atom stereocenters. The minimum absolute atomic E-state index is 0.0132. The predicted octanol–water partition coefficient (Wildman–Crippen LogP) is 3.90. The highest BCUT2D eigenvalue weighted by Crippen LogP contribution is 2.16. The van der Waals surface area contributed by atoms with Crippen LogP contribution in [0.2, 0.25) is 0 Å². The van der Waals surface area contributed by atoms with E-state index in [1.807, 2.05) is 12.1 Å². The van der Waals surface area contributed by atoms with Gasteiger partial charge in [-0.15, -0.1) is 0 Å². The first-order valence-corrected chi connectivity index (χ1v) is 8.62. The van der Waals surface area contributed by atoms with Crippen LogP contribution < -0.4 is 5.32 Å². The van der Waals surface area contributed by atoms with Crippen molar-refractivity contribution in [2.45, 2.75) is 39.2 Å². The first-order valence-electron chi connectivity index (χ1n) is 8.62. The Morgan fingerprint density at radius 1 is 1.12 bits per heavy atom. The molecule has 0 aliphatic heterocycles. The number of hydrogen-bond acceptors (Lipinski definition) is 2. The molecule has 2 N–H and O–H groups in total. The fraction of sp³-hybridized carbons (Fsp3) is 0.300. The van der Waals surface area contributed by atoms with Gasteiger partial charge >= 0.3 is 0 Å². The summed E-state index contributed by atoms with van der Waals surface area (Å²) in [7, 11) is 0. The van der Waals surface area contributed by atoms with Gasteiger partial charge in [0.2, 0.25) is 5.91 Å². The zero-order valence-electron chi connectivity index (χ0n) is 14.3. The number of fused-ring (bicyclic) bond motifs is 1. The SMILES string of the molecule is CCCc1nc2ccc(CCC(=O)NCc3ccc(F)cc3)cc2[nH]1. The number of H-pyrrole nitrogens is 1. The van der Waals surface area contributed by atoms with Crippen molar-refractivity contribution in [2.24, 2.45) is 0 Å². The number of aromatic amines is 1. The van der Waals surface area contributed by atoms with E-state index >= 15 is 0 Å². The Morgan fingerprint density at radius 3 is 2.64 bits per heavy atom. The number of aryl methyl sites for hydroxylation is 2. The highest BCUT2D eigenvalue weighted by Gasteiger charge is 2.06. The largest absolute Gasteiger partial charge is 0.352 e. The molecule has 3 aromatic rings. The highest BCUT2D eigenvalue weighted by atomic mass is 19.1. The Morgan fingerprint density at radius 2 is 1.88 bits per heavy atom. The van der Waals surface area contributed by atoms with Gasteiger partial charge in [-0.2, -0.15) is 0 Å². The highest BCUT2D eigenvalue weighted by molar-refractivity contribution is 5.78. The number of benzene rings is 2. The molecule has 0 fully saturated rings. The van der Waals surface area contributed by atoms with E-state index in [1.54, 1.807) is 12.1 Å². The maximum absolute atomic E-state index is 12.9. The second-order valence-electron chi connectivity index (χ2n) is 6.19. The standard InChI is InChI=1S/C20H22FN3O/c1-2-3-19-23-17-10-6-14(12-18(17)24-19)7-11-20(25)22-13-15-4-8-16(21)9-5-15/h4-6,8-10,12H,2-3,7,11,13H2,1H3,(H,22,25)(H,23,24). The van der Waals surface area contributed by atoms with Crippen LogP contribution in [0.4, 0.5) is 4.39 Å². The van der Waals surface area contributed by atoms with Crippen LogP contribution in [0.15, 0.2) is 42.5 Å². The van der Waals surface area contributed by atoms with Gasteiger partial charge in [-0.25, -0.2) is 9.37 Å². The van der Waals surface area contributed by atoms with Crippen molar-refractivity contribution in [2.75, 3.05) is 0 Å². The van der Waals surface area contributed by atoms with E-state index in [2.05, 4.69) is 28.3 Å². The van der Waals surface area contributed by atoms with Gasteiger partial charge in [-0.1, -0.05) is 25.1 Å². The maximum atomic E-state index is 12.9. The second kappa shape index (κ2) is 7.92. The summed E-state index contributed by atoms with van der Waals surface area (Å²) in [5.41, 5.74) is 3.98. The third-order valence-electron chi connectivity index (χ3n) is 4.13. The molecule has 4 nitrogen and oxygen atoms in total. The van der Waals surface area contributed by atoms with Crippen LogP contribution in [0.1, 0.15) is 36.7 Å². The van der Waals surface area contributed by atoms with Gasteiger partial charge in [0.15, 0.2) is 0 Å². The molecule has 3 rings (SSSR count). The molecule has 0 radical (unpaired) electrons. The fourth-order valence-corrected chi connectivity index (χ4v) is 2.77. The van der Waals surface area contributed by atoms with E-state index in [0.717, 1.165) is 40.8 Å². The third-order valence-corrected chi connectivity index (χ3v) is 4.13.